The van der Waals surface area contributed by atoms with Crippen molar-refractivity contribution in [3.63, 3.8) is 0 Å². The number of benzene rings is 1. The molecule has 116 valence electrons. The summed E-state index contributed by atoms with van der Waals surface area (Å²) >= 11 is 0. The second-order valence-electron chi connectivity index (χ2n) is 5.04. The zero-order valence-corrected chi connectivity index (χ0v) is 12.3. The molecule has 0 aliphatic heterocycles. The highest BCUT2D eigenvalue weighted by atomic mass is 19.1. The summed E-state index contributed by atoms with van der Waals surface area (Å²) < 4.78 is 13.2. The van der Waals surface area contributed by atoms with Gasteiger partial charge < -0.3 is 15.4 Å². The van der Waals surface area contributed by atoms with Crippen molar-refractivity contribution in [2.45, 2.75) is 26.3 Å². The Morgan fingerprint density at radius 2 is 2.18 bits per heavy atom. The van der Waals surface area contributed by atoms with Gasteiger partial charge in [0, 0.05) is 29.1 Å². The maximum atomic E-state index is 13.2. The van der Waals surface area contributed by atoms with Gasteiger partial charge >= 0.3 is 5.97 Å². The van der Waals surface area contributed by atoms with E-state index in [1.165, 1.54) is 12.1 Å². The van der Waals surface area contributed by atoms with Gasteiger partial charge in [0.2, 0.25) is 5.91 Å². The summed E-state index contributed by atoms with van der Waals surface area (Å²) in [5.41, 5.74) is 1.75. The van der Waals surface area contributed by atoms with Gasteiger partial charge in [-0.3, -0.25) is 4.79 Å². The van der Waals surface area contributed by atoms with Gasteiger partial charge in [0.1, 0.15) is 11.9 Å². The van der Waals surface area contributed by atoms with E-state index in [1.54, 1.807) is 32.2 Å². The number of aromatic nitrogens is 1. The summed E-state index contributed by atoms with van der Waals surface area (Å²) in [6.07, 6.45) is 3.36. The number of allylic oxidation sites excluding steroid dienone is 1. The van der Waals surface area contributed by atoms with Crippen LogP contribution in [0.25, 0.3) is 10.9 Å². The second-order valence-corrected chi connectivity index (χ2v) is 5.04. The number of amides is 1. The zero-order chi connectivity index (χ0) is 16.3. The van der Waals surface area contributed by atoms with Gasteiger partial charge in [-0.25, -0.2) is 9.18 Å². The van der Waals surface area contributed by atoms with E-state index < -0.39 is 17.9 Å². The first-order valence-electron chi connectivity index (χ1n) is 6.84. The van der Waals surface area contributed by atoms with Crippen LogP contribution in [0, 0.1) is 5.82 Å². The summed E-state index contributed by atoms with van der Waals surface area (Å²) in [5.74, 6) is -1.90. The lowest BCUT2D eigenvalue weighted by atomic mass is 10.0. The molecule has 0 saturated carbocycles. The first-order chi connectivity index (χ1) is 10.4. The minimum absolute atomic E-state index is 0.115. The van der Waals surface area contributed by atoms with E-state index in [9.17, 15) is 19.1 Å². The summed E-state index contributed by atoms with van der Waals surface area (Å²) in [7, 11) is 0. The number of carboxylic acids is 1. The number of carbonyl (C=O) groups excluding carboxylic acids is 1. The molecular weight excluding hydrogens is 287 g/mol. The molecule has 0 saturated heterocycles. The van der Waals surface area contributed by atoms with E-state index >= 15 is 0 Å². The molecule has 2 aromatic rings. The highest BCUT2D eigenvalue weighted by Gasteiger charge is 2.22. The largest absolute Gasteiger partial charge is 0.480 e. The predicted octanol–water partition coefficient (Wildman–Crippen LogP) is 2.39. The molecule has 1 aromatic carbocycles. The highest BCUT2D eigenvalue weighted by Crippen LogP contribution is 2.20. The number of aliphatic carboxylic acids is 1. The van der Waals surface area contributed by atoms with Crippen molar-refractivity contribution in [3.8, 4) is 0 Å². The Morgan fingerprint density at radius 3 is 2.82 bits per heavy atom. The predicted molar refractivity (Wildman–Crippen MR) is 81.0 cm³/mol. The Bertz CT molecular complexity index is 749. The molecule has 0 bridgehead atoms. The lowest BCUT2D eigenvalue weighted by molar-refractivity contribution is -0.141. The van der Waals surface area contributed by atoms with Crippen LogP contribution in [0.5, 0.6) is 0 Å². The van der Waals surface area contributed by atoms with Crippen LogP contribution in [-0.4, -0.2) is 28.0 Å². The molecule has 1 atom stereocenters. The third-order valence-corrected chi connectivity index (χ3v) is 3.55. The molecule has 1 unspecified atom stereocenters. The number of carboxylic acid groups (broad SMARTS) is 1. The Kier molecular flexibility index (Phi) is 4.60. The Labute approximate surface area is 126 Å². The van der Waals surface area contributed by atoms with Crippen molar-refractivity contribution >= 4 is 22.8 Å². The van der Waals surface area contributed by atoms with Gasteiger partial charge in [-0.15, -0.1) is 0 Å². The van der Waals surface area contributed by atoms with Crippen molar-refractivity contribution in [2.75, 3.05) is 0 Å². The Morgan fingerprint density at radius 1 is 1.45 bits per heavy atom. The molecule has 0 radical (unpaired) electrons. The van der Waals surface area contributed by atoms with E-state index in [-0.39, 0.29) is 12.2 Å². The fourth-order valence-electron chi connectivity index (χ4n) is 2.15. The molecule has 6 heteroatoms. The molecule has 2 rings (SSSR count). The molecule has 0 fully saturated rings. The monoisotopic (exact) mass is 304 g/mol. The Hall–Kier alpha value is -2.63. The third-order valence-electron chi connectivity index (χ3n) is 3.55. The zero-order valence-electron chi connectivity index (χ0n) is 12.3. The van der Waals surface area contributed by atoms with Crippen molar-refractivity contribution in [2.24, 2.45) is 0 Å². The van der Waals surface area contributed by atoms with E-state index in [2.05, 4.69) is 10.3 Å². The maximum Gasteiger partial charge on any atom is 0.326 e. The van der Waals surface area contributed by atoms with Crippen molar-refractivity contribution in [1.82, 2.24) is 10.3 Å². The fourth-order valence-corrected chi connectivity index (χ4v) is 2.15. The number of H-pyrrole nitrogens is 1. The average Bonchev–Trinajstić information content (AvgIpc) is 2.87. The molecule has 5 nitrogen and oxygen atoms in total. The number of nitrogens with one attached hydrogen (secondary N) is 2. The van der Waals surface area contributed by atoms with Gasteiger partial charge in [-0.05, 0) is 37.6 Å². The molecular formula is C16H17FN2O3. The average molecular weight is 304 g/mol. The standard InChI is InChI=1S/C16H17FN2O3/c1-3-9(2)15(20)19-14(16(21)22)6-10-8-18-13-7-11(17)4-5-12(10)13/h3-5,7-8,14,18H,6H2,1-2H3,(H,19,20)(H,21,22)/b9-3-. The molecule has 3 N–H and O–H groups in total. The SMILES string of the molecule is C/C=C(/C)C(=O)NC(Cc1c[nH]c2cc(F)ccc12)C(=O)O. The van der Waals surface area contributed by atoms with Gasteiger partial charge in [0.25, 0.3) is 0 Å². The summed E-state index contributed by atoms with van der Waals surface area (Å²) in [4.78, 5) is 26.1. The van der Waals surface area contributed by atoms with E-state index in [0.29, 0.717) is 16.7 Å². The van der Waals surface area contributed by atoms with Crippen LogP contribution >= 0.6 is 0 Å². The minimum atomic E-state index is -1.12. The first-order valence-corrected chi connectivity index (χ1v) is 6.84. The number of carbonyl (C=O) groups is 2. The topological polar surface area (TPSA) is 82.2 Å². The molecule has 0 aliphatic carbocycles. The third kappa shape index (κ3) is 3.33. The lowest BCUT2D eigenvalue weighted by Gasteiger charge is -2.14. The van der Waals surface area contributed by atoms with Crippen LogP contribution in [-0.2, 0) is 16.0 Å². The quantitative estimate of drug-likeness (QED) is 0.742. The fraction of sp³-hybridized carbons (Fsp3) is 0.250. The molecule has 22 heavy (non-hydrogen) atoms. The van der Waals surface area contributed by atoms with Crippen LogP contribution < -0.4 is 5.32 Å². The second kappa shape index (κ2) is 6.43. The molecule has 0 spiro atoms. The Balaban J connectivity index is 2.23. The number of aromatic amines is 1. The smallest absolute Gasteiger partial charge is 0.326 e. The summed E-state index contributed by atoms with van der Waals surface area (Å²) in [6.45, 7) is 3.32. The molecule has 0 aliphatic rings. The molecule has 1 amide bonds. The normalized spacial score (nSPS) is 13.1. The number of fused-ring (bicyclic) bond motifs is 1. The van der Waals surface area contributed by atoms with Crippen LogP contribution in [0.3, 0.4) is 0 Å². The van der Waals surface area contributed by atoms with Crippen LogP contribution in [0.15, 0.2) is 36.0 Å². The first kappa shape index (κ1) is 15.8. The lowest BCUT2D eigenvalue weighted by Crippen LogP contribution is -2.42. The van der Waals surface area contributed by atoms with E-state index in [4.69, 9.17) is 0 Å². The number of rotatable bonds is 5. The van der Waals surface area contributed by atoms with Gasteiger partial charge in [0.15, 0.2) is 0 Å². The van der Waals surface area contributed by atoms with E-state index in [1.807, 2.05) is 0 Å². The van der Waals surface area contributed by atoms with Crippen molar-refractivity contribution in [1.29, 1.82) is 0 Å². The number of hydrogen-bond donors (Lipinski definition) is 3. The summed E-state index contributed by atoms with van der Waals surface area (Å²) in [6, 6.07) is 3.20. The number of halogens is 1. The van der Waals surface area contributed by atoms with Gasteiger partial charge in [-0.2, -0.15) is 0 Å². The van der Waals surface area contributed by atoms with E-state index in [0.717, 1.165) is 5.39 Å². The summed E-state index contributed by atoms with van der Waals surface area (Å²) in [5, 5.41) is 12.5. The molecule has 1 aromatic heterocycles. The maximum absolute atomic E-state index is 13.2. The highest BCUT2D eigenvalue weighted by molar-refractivity contribution is 5.95. The van der Waals surface area contributed by atoms with Crippen molar-refractivity contribution in [3.05, 3.63) is 47.4 Å². The number of hydrogen-bond acceptors (Lipinski definition) is 2. The molecule has 1 heterocycles. The van der Waals surface area contributed by atoms with Crippen LogP contribution in [0.2, 0.25) is 0 Å². The van der Waals surface area contributed by atoms with Gasteiger partial charge in [0.05, 0.1) is 0 Å². The minimum Gasteiger partial charge on any atom is -0.480 e. The van der Waals surface area contributed by atoms with Crippen LogP contribution in [0.1, 0.15) is 19.4 Å². The van der Waals surface area contributed by atoms with Gasteiger partial charge in [-0.1, -0.05) is 6.08 Å². The van der Waals surface area contributed by atoms with Crippen LogP contribution in [0.4, 0.5) is 4.39 Å². The van der Waals surface area contributed by atoms with Crippen molar-refractivity contribution < 1.29 is 19.1 Å².